The van der Waals surface area contributed by atoms with E-state index in [0.717, 1.165) is 31.9 Å². The molecule has 1 heterocycles. The Bertz CT molecular complexity index is 292. The van der Waals surface area contributed by atoms with Crippen molar-refractivity contribution < 1.29 is 0 Å². The van der Waals surface area contributed by atoms with Crippen LogP contribution in [0.2, 0.25) is 0 Å². The van der Waals surface area contributed by atoms with E-state index in [4.69, 9.17) is 0 Å². The quantitative estimate of drug-likeness (QED) is 0.737. The van der Waals surface area contributed by atoms with Crippen LogP contribution in [-0.2, 0) is 13.1 Å². The van der Waals surface area contributed by atoms with Gasteiger partial charge in [-0.15, -0.1) is 5.10 Å². The smallest absolute Gasteiger partial charge is 0.0964 e. The molecule has 0 atom stereocenters. The van der Waals surface area contributed by atoms with Gasteiger partial charge < -0.3 is 10.2 Å². The molecule has 0 aliphatic heterocycles. The molecule has 0 spiro atoms. The zero-order valence-electron chi connectivity index (χ0n) is 10.8. The summed E-state index contributed by atoms with van der Waals surface area (Å²) in [5, 5.41) is 11.6. The van der Waals surface area contributed by atoms with E-state index in [-0.39, 0.29) is 0 Å². The summed E-state index contributed by atoms with van der Waals surface area (Å²) in [5.41, 5.74) is 1.01. The highest BCUT2D eigenvalue weighted by Gasteiger charge is 2.01. The van der Waals surface area contributed by atoms with Gasteiger partial charge in [0.05, 0.1) is 12.2 Å². The first-order chi connectivity index (χ1) is 7.58. The van der Waals surface area contributed by atoms with Gasteiger partial charge in [-0.1, -0.05) is 19.1 Å². The molecule has 92 valence electrons. The van der Waals surface area contributed by atoms with Gasteiger partial charge in [0.1, 0.15) is 0 Å². The van der Waals surface area contributed by atoms with Crippen LogP contribution in [0.4, 0.5) is 0 Å². The molecule has 0 amide bonds. The summed E-state index contributed by atoms with van der Waals surface area (Å²) in [6.45, 7) is 8.10. The lowest BCUT2D eigenvalue weighted by Crippen LogP contribution is -2.19. The number of aromatic nitrogens is 3. The fourth-order valence-corrected chi connectivity index (χ4v) is 1.32. The molecule has 0 radical (unpaired) electrons. The molecule has 1 aromatic heterocycles. The summed E-state index contributed by atoms with van der Waals surface area (Å²) in [4.78, 5) is 2.14. The number of rotatable bonds is 7. The van der Waals surface area contributed by atoms with Crippen LogP contribution in [0.25, 0.3) is 0 Å². The minimum atomic E-state index is 0.670. The maximum atomic E-state index is 4.12. The Balaban J connectivity index is 2.28. The van der Waals surface area contributed by atoms with Crippen LogP contribution in [0.5, 0.6) is 0 Å². The third-order valence-corrected chi connectivity index (χ3v) is 2.22. The predicted octanol–water partition coefficient (Wildman–Crippen LogP) is 0.585. The Hall–Kier alpha value is -0.940. The molecule has 1 N–H and O–H groups in total. The van der Waals surface area contributed by atoms with E-state index in [0.29, 0.717) is 5.92 Å². The van der Waals surface area contributed by atoms with Gasteiger partial charge >= 0.3 is 0 Å². The zero-order valence-corrected chi connectivity index (χ0v) is 10.8. The van der Waals surface area contributed by atoms with E-state index < -0.39 is 0 Å². The van der Waals surface area contributed by atoms with Crippen molar-refractivity contribution in [3.63, 3.8) is 0 Å². The summed E-state index contributed by atoms with van der Waals surface area (Å²) in [6, 6.07) is 0. The standard InChI is InChI=1S/C11H23N5/c1-10(2)7-12-8-11-9-16(14-13-11)6-5-15(3)4/h9-10,12H,5-8H2,1-4H3. The van der Waals surface area contributed by atoms with Crippen molar-refractivity contribution in [3.05, 3.63) is 11.9 Å². The molecule has 5 nitrogen and oxygen atoms in total. The highest BCUT2D eigenvalue weighted by Crippen LogP contribution is 1.94. The van der Waals surface area contributed by atoms with Crippen LogP contribution in [-0.4, -0.2) is 47.1 Å². The fraction of sp³-hybridized carbons (Fsp3) is 0.818. The maximum Gasteiger partial charge on any atom is 0.0964 e. The Labute approximate surface area is 97.8 Å². The van der Waals surface area contributed by atoms with E-state index in [2.05, 4.69) is 48.5 Å². The molecule has 0 fully saturated rings. The van der Waals surface area contributed by atoms with E-state index in [1.807, 2.05) is 10.9 Å². The van der Waals surface area contributed by atoms with Crippen molar-refractivity contribution in [3.8, 4) is 0 Å². The number of nitrogens with zero attached hydrogens (tertiary/aromatic N) is 4. The molecule has 1 aromatic rings. The number of nitrogens with one attached hydrogen (secondary N) is 1. The molecule has 0 bridgehead atoms. The minimum absolute atomic E-state index is 0.670. The minimum Gasteiger partial charge on any atom is -0.311 e. The molecule has 0 aliphatic rings. The van der Waals surface area contributed by atoms with E-state index in [9.17, 15) is 0 Å². The average Bonchev–Trinajstić information content (AvgIpc) is 2.62. The lowest BCUT2D eigenvalue weighted by molar-refractivity contribution is 0.370. The van der Waals surface area contributed by atoms with Crippen molar-refractivity contribution in [2.75, 3.05) is 27.2 Å². The van der Waals surface area contributed by atoms with Gasteiger partial charge in [-0.2, -0.15) is 0 Å². The monoisotopic (exact) mass is 225 g/mol. The first-order valence-electron chi connectivity index (χ1n) is 5.82. The van der Waals surface area contributed by atoms with Crippen LogP contribution in [0.15, 0.2) is 6.20 Å². The molecular formula is C11H23N5. The first-order valence-corrected chi connectivity index (χ1v) is 5.82. The van der Waals surface area contributed by atoms with Gasteiger partial charge in [0.2, 0.25) is 0 Å². The number of hydrogen-bond donors (Lipinski definition) is 1. The summed E-state index contributed by atoms with van der Waals surface area (Å²) >= 11 is 0. The second-order valence-electron chi connectivity index (χ2n) is 4.80. The third-order valence-electron chi connectivity index (χ3n) is 2.22. The summed E-state index contributed by atoms with van der Waals surface area (Å²) in [6.07, 6.45) is 2.01. The molecular weight excluding hydrogens is 202 g/mol. The van der Waals surface area contributed by atoms with Crippen molar-refractivity contribution in [1.82, 2.24) is 25.2 Å². The van der Waals surface area contributed by atoms with Crippen LogP contribution in [0.1, 0.15) is 19.5 Å². The molecule has 0 unspecified atom stereocenters. The highest BCUT2D eigenvalue weighted by molar-refractivity contribution is 4.91. The molecule has 0 aromatic carbocycles. The van der Waals surface area contributed by atoms with Crippen LogP contribution in [0.3, 0.4) is 0 Å². The second-order valence-corrected chi connectivity index (χ2v) is 4.80. The van der Waals surface area contributed by atoms with Gasteiger partial charge in [0.15, 0.2) is 0 Å². The molecule has 5 heteroatoms. The summed E-state index contributed by atoms with van der Waals surface area (Å²) in [5.74, 6) is 0.670. The Morgan fingerprint density at radius 1 is 1.44 bits per heavy atom. The second kappa shape index (κ2) is 6.60. The fourth-order valence-electron chi connectivity index (χ4n) is 1.32. The highest BCUT2D eigenvalue weighted by atomic mass is 15.4. The average molecular weight is 225 g/mol. The third kappa shape index (κ3) is 5.23. The Kier molecular flexibility index (Phi) is 5.42. The summed E-state index contributed by atoms with van der Waals surface area (Å²) in [7, 11) is 4.12. The number of likely N-dealkylation sites (N-methyl/N-ethyl adjacent to an activating group) is 1. The van der Waals surface area contributed by atoms with Crippen molar-refractivity contribution in [2.45, 2.75) is 26.9 Å². The van der Waals surface area contributed by atoms with Gasteiger partial charge in [0.25, 0.3) is 0 Å². The first kappa shape index (κ1) is 13.1. The van der Waals surface area contributed by atoms with Crippen LogP contribution in [0, 0.1) is 5.92 Å². The molecule has 16 heavy (non-hydrogen) atoms. The maximum absolute atomic E-state index is 4.12. The molecule has 0 saturated carbocycles. The Morgan fingerprint density at radius 3 is 2.81 bits per heavy atom. The number of hydrogen-bond acceptors (Lipinski definition) is 4. The van der Waals surface area contributed by atoms with Crippen LogP contribution >= 0.6 is 0 Å². The molecule has 1 rings (SSSR count). The van der Waals surface area contributed by atoms with Gasteiger partial charge in [-0.05, 0) is 26.6 Å². The van der Waals surface area contributed by atoms with E-state index >= 15 is 0 Å². The molecule has 0 aliphatic carbocycles. The lowest BCUT2D eigenvalue weighted by Gasteiger charge is -2.08. The van der Waals surface area contributed by atoms with Crippen molar-refractivity contribution in [1.29, 1.82) is 0 Å². The van der Waals surface area contributed by atoms with Gasteiger partial charge in [-0.25, -0.2) is 0 Å². The van der Waals surface area contributed by atoms with Gasteiger partial charge in [0, 0.05) is 19.3 Å². The van der Waals surface area contributed by atoms with E-state index in [1.165, 1.54) is 0 Å². The lowest BCUT2D eigenvalue weighted by atomic mass is 10.2. The van der Waals surface area contributed by atoms with Crippen molar-refractivity contribution in [2.24, 2.45) is 5.92 Å². The molecule has 0 saturated heterocycles. The van der Waals surface area contributed by atoms with Gasteiger partial charge in [-0.3, -0.25) is 4.68 Å². The van der Waals surface area contributed by atoms with E-state index in [1.54, 1.807) is 0 Å². The van der Waals surface area contributed by atoms with Crippen LogP contribution < -0.4 is 5.32 Å². The topological polar surface area (TPSA) is 46.0 Å². The Morgan fingerprint density at radius 2 is 2.19 bits per heavy atom. The summed E-state index contributed by atoms with van der Waals surface area (Å²) < 4.78 is 1.90. The largest absolute Gasteiger partial charge is 0.311 e. The van der Waals surface area contributed by atoms with Crippen molar-refractivity contribution >= 4 is 0 Å². The predicted molar refractivity (Wildman–Crippen MR) is 65.1 cm³/mol. The SMILES string of the molecule is CC(C)CNCc1cn(CCN(C)C)nn1. The zero-order chi connectivity index (χ0) is 12.0. The normalized spacial score (nSPS) is 11.6.